The van der Waals surface area contributed by atoms with Gasteiger partial charge in [0.1, 0.15) is 12.4 Å². The van der Waals surface area contributed by atoms with E-state index in [4.69, 9.17) is 27.9 Å². The third-order valence-electron chi connectivity index (χ3n) is 3.82. The summed E-state index contributed by atoms with van der Waals surface area (Å²) in [6, 6.07) is 13.6. The lowest BCUT2D eigenvalue weighted by Crippen LogP contribution is -2.07. The Morgan fingerprint density at radius 1 is 1.08 bits per heavy atom. The van der Waals surface area contributed by atoms with Gasteiger partial charge in [-0.15, -0.1) is 10.2 Å². The zero-order chi connectivity index (χ0) is 18.5. The van der Waals surface area contributed by atoms with Crippen molar-refractivity contribution >= 4 is 35.0 Å². The summed E-state index contributed by atoms with van der Waals surface area (Å²) in [6.07, 6.45) is 0. The number of rotatable bonds is 7. The van der Waals surface area contributed by atoms with Crippen LogP contribution in [0.5, 0.6) is 5.75 Å². The van der Waals surface area contributed by atoms with Crippen LogP contribution in [0.4, 0.5) is 0 Å². The van der Waals surface area contributed by atoms with E-state index in [1.165, 1.54) is 0 Å². The lowest BCUT2D eigenvalue weighted by atomic mass is 10.2. The molecule has 0 saturated heterocycles. The van der Waals surface area contributed by atoms with Crippen molar-refractivity contribution in [1.29, 1.82) is 0 Å². The number of benzene rings is 2. The van der Waals surface area contributed by atoms with Crippen molar-refractivity contribution in [3.8, 4) is 5.75 Å². The van der Waals surface area contributed by atoms with Crippen molar-refractivity contribution in [2.45, 2.75) is 37.9 Å². The standard InChI is InChI=1S/C19H19Cl2N3OS/c1-3-24-18(11-25-15-6-4-5-13(2)9-15)22-23-19(24)26-12-14-7-8-16(20)17(21)10-14/h4-10H,3,11-12H2,1-2H3. The fraction of sp³-hybridized carbons (Fsp3) is 0.263. The van der Waals surface area contributed by atoms with Crippen LogP contribution in [0.25, 0.3) is 0 Å². The van der Waals surface area contributed by atoms with E-state index in [1.54, 1.807) is 11.8 Å². The highest BCUT2D eigenvalue weighted by Crippen LogP contribution is 2.27. The monoisotopic (exact) mass is 407 g/mol. The van der Waals surface area contributed by atoms with Crippen LogP contribution in [-0.2, 0) is 18.9 Å². The Morgan fingerprint density at radius 3 is 2.65 bits per heavy atom. The van der Waals surface area contributed by atoms with Gasteiger partial charge in [-0.25, -0.2) is 0 Å². The predicted molar refractivity (Wildman–Crippen MR) is 107 cm³/mol. The second-order valence-corrected chi connectivity index (χ2v) is 7.54. The zero-order valence-corrected chi connectivity index (χ0v) is 16.9. The first-order chi connectivity index (χ1) is 12.6. The molecule has 0 bridgehead atoms. The lowest BCUT2D eigenvalue weighted by molar-refractivity contribution is 0.288. The van der Waals surface area contributed by atoms with E-state index < -0.39 is 0 Å². The highest BCUT2D eigenvalue weighted by atomic mass is 35.5. The van der Waals surface area contributed by atoms with Gasteiger partial charge in [-0.05, 0) is 49.2 Å². The Balaban J connectivity index is 1.66. The lowest BCUT2D eigenvalue weighted by Gasteiger charge is -2.09. The minimum absolute atomic E-state index is 0.387. The SMILES string of the molecule is CCn1c(COc2cccc(C)c2)nnc1SCc1ccc(Cl)c(Cl)c1. The van der Waals surface area contributed by atoms with Crippen LogP contribution in [0.15, 0.2) is 47.6 Å². The van der Waals surface area contributed by atoms with Crippen molar-refractivity contribution in [3.63, 3.8) is 0 Å². The van der Waals surface area contributed by atoms with Gasteiger partial charge in [0.25, 0.3) is 0 Å². The van der Waals surface area contributed by atoms with Gasteiger partial charge in [0.15, 0.2) is 11.0 Å². The second kappa shape index (κ2) is 8.80. The van der Waals surface area contributed by atoms with Gasteiger partial charge in [-0.1, -0.05) is 53.2 Å². The fourth-order valence-electron chi connectivity index (χ4n) is 2.48. The molecule has 1 aromatic heterocycles. The minimum atomic E-state index is 0.387. The van der Waals surface area contributed by atoms with E-state index in [9.17, 15) is 0 Å². The molecule has 26 heavy (non-hydrogen) atoms. The maximum atomic E-state index is 6.08. The molecule has 136 valence electrons. The summed E-state index contributed by atoms with van der Waals surface area (Å²) in [6.45, 7) is 5.28. The van der Waals surface area contributed by atoms with E-state index in [2.05, 4.69) is 21.7 Å². The summed E-state index contributed by atoms with van der Waals surface area (Å²) >= 11 is 13.7. The van der Waals surface area contributed by atoms with E-state index in [1.807, 2.05) is 49.4 Å². The highest BCUT2D eigenvalue weighted by Gasteiger charge is 2.12. The van der Waals surface area contributed by atoms with Crippen LogP contribution in [-0.4, -0.2) is 14.8 Å². The molecule has 0 spiro atoms. The van der Waals surface area contributed by atoms with E-state index in [0.717, 1.165) is 40.2 Å². The maximum Gasteiger partial charge on any atom is 0.191 e. The topological polar surface area (TPSA) is 39.9 Å². The average molecular weight is 408 g/mol. The minimum Gasteiger partial charge on any atom is -0.486 e. The van der Waals surface area contributed by atoms with Crippen LogP contribution < -0.4 is 4.74 Å². The van der Waals surface area contributed by atoms with Crippen LogP contribution in [0.3, 0.4) is 0 Å². The normalized spacial score (nSPS) is 10.9. The number of aryl methyl sites for hydroxylation is 1. The summed E-state index contributed by atoms with van der Waals surface area (Å²) in [5.41, 5.74) is 2.25. The van der Waals surface area contributed by atoms with Crippen molar-refractivity contribution in [3.05, 3.63) is 69.5 Å². The Bertz CT molecular complexity index is 898. The molecule has 7 heteroatoms. The van der Waals surface area contributed by atoms with E-state index >= 15 is 0 Å². The molecule has 0 aliphatic rings. The van der Waals surface area contributed by atoms with Gasteiger partial charge in [0.2, 0.25) is 0 Å². The summed E-state index contributed by atoms with van der Waals surface area (Å²) in [5.74, 6) is 2.39. The summed E-state index contributed by atoms with van der Waals surface area (Å²) in [5, 5.41) is 10.6. The largest absolute Gasteiger partial charge is 0.486 e. The third kappa shape index (κ3) is 4.72. The van der Waals surface area contributed by atoms with Crippen molar-refractivity contribution in [1.82, 2.24) is 14.8 Å². The molecule has 0 aliphatic heterocycles. The molecule has 0 N–H and O–H groups in total. The number of ether oxygens (including phenoxy) is 1. The number of aromatic nitrogens is 3. The molecular weight excluding hydrogens is 389 g/mol. The average Bonchev–Trinajstić information content (AvgIpc) is 3.03. The first-order valence-electron chi connectivity index (χ1n) is 8.25. The van der Waals surface area contributed by atoms with Gasteiger partial charge < -0.3 is 9.30 Å². The first kappa shape index (κ1) is 19.1. The van der Waals surface area contributed by atoms with Crippen molar-refractivity contribution in [2.75, 3.05) is 0 Å². The number of hydrogen-bond donors (Lipinski definition) is 0. The van der Waals surface area contributed by atoms with Crippen LogP contribution in [0.1, 0.15) is 23.9 Å². The van der Waals surface area contributed by atoms with Crippen LogP contribution in [0.2, 0.25) is 10.0 Å². The zero-order valence-electron chi connectivity index (χ0n) is 14.6. The predicted octanol–water partition coefficient (Wildman–Crippen LogP) is 5.78. The molecule has 4 nitrogen and oxygen atoms in total. The van der Waals surface area contributed by atoms with Gasteiger partial charge in [-0.3, -0.25) is 0 Å². The molecule has 2 aromatic carbocycles. The van der Waals surface area contributed by atoms with E-state index in [0.29, 0.717) is 16.7 Å². The summed E-state index contributed by atoms with van der Waals surface area (Å²) < 4.78 is 7.92. The Kier molecular flexibility index (Phi) is 6.46. The number of hydrogen-bond acceptors (Lipinski definition) is 4. The molecule has 0 amide bonds. The Morgan fingerprint density at radius 2 is 1.92 bits per heavy atom. The molecule has 0 fully saturated rings. The fourth-order valence-corrected chi connectivity index (χ4v) is 3.77. The number of halogens is 2. The van der Waals surface area contributed by atoms with E-state index in [-0.39, 0.29) is 0 Å². The molecular formula is C19H19Cl2N3OS. The van der Waals surface area contributed by atoms with Gasteiger partial charge in [-0.2, -0.15) is 0 Å². The third-order valence-corrected chi connectivity index (χ3v) is 5.60. The smallest absolute Gasteiger partial charge is 0.191 e. The van der Waals surface area contributed by atoms with Gasteiger partial charge in [0, 0.05) is 12.3 Å². The molecule has 3 rings (SSSR count). The first-order valence-corrected chi connectivity index (χ1v) is 9.99. The molecule has 0 saturated carbocycles. The molecule has 0 radical (unpaired) electrons. The number of thioether (sulfide) groups is 1. The summed E-state index contributed by atoms with van der Waals surface area (Å²) in [4.78, 5) is 0. The quantitative estimate of drug-likeness (QED) is 0.465. The highest BCUT2D eigenvalue weighted by molar-refractivity contribution is 7.98. The van der Waals surface area contributed by atoms with Gasteiger partial charge in [0.05, 0.1) is 10.0 Å². The summed E-state index contributed by atoms with van der Waals surface area (Å²) in [7, 11) is 0. The van der Waals surface area contributed by atoms with Crippen molar-refractivity contribution in [2.24, 2.45) is 0 Å². The second-order valence-electron chi connectivity index (χ2n) is 5.79. The molecule has 0 aliphatic carbocycles. The van der Waals surface area contributed by atoms with Crippen molar-refractivity contribution < 1.29 is 4.74 Å². The maximum absolute atomic E-state index is 6.08. The Labute approximate surface area is 167 Å². The molecule has 0 unspecified atom stereocenters. The van der Waals surface area contributed by atoms with Crippen LogP contribution in [0, 0.1) is 6.92 Å². The Hall–Kier alpha value is -1.69. The van der Waals surface area contributed by atoms with Gasteiger partial charge >= 0.3 is 0 Å². The number of nitrogens with zero attached hydrogens (tertiary/aromatic N) is 3. The molecule has 3 aromatic rings. The van der Waals surface area contributed by atoms with Crippen LogP contribution >= 0.6 is 35.0 Å². The molecule has 1 heterocycles. The molecule has 0 atom stereocenters.